The average molecular weight is 712 g/mol. The Morgan fingerprint density at radius 2 is 1.82 bits per heavy atom. The van der Waals surface area contributed by atoms with Crippen molar-refractivity contribution in [2.45, 2.75) is 57.0 Å². The lowest BCUT2D eigenvalue weighted by Crippen LogP contribution is -2.35. The van der Waals surface area contributed by atoms with E-state index in [0.717, 1.165) is 12.1 Å². The van der Waals surface area contributed by atoms with Gasteiger partial charge in [0.1, 0.15) is 35.3 Å². The maximum absolute atomic E-state index is 15.3. The van der Waals surface area contributed by atoms with E-state index >= 15 is 8.78 Å². The Kier molecular flexibility index (Phi) is 8.29. The summed E-state index contributed by atoms with van der Waals surface area (Å²) in [5, 5.41) is 11.6. The molecule has 2 aliphatic rings. The number of fused-ring (bicyclic) bond motifs is 4. The molecule has 0 radical (unpaired) electrons. The maximum Gasteiger partial charge on any atom is 0.293 e. The van der Waals surface area contributed by atoms with Gasteiger partial charge in [-0.1, -0.05) is 30.5 Å². The van der Waals surface area contributed by atoms with E-state index in [1.165, 1.54) is 4.68 Å². The standard InChI is InChI=1S/C35H28ClF6N7O/c1-3-4-5-19-6-7-20(21-8-9-24(36)28-31(21)48(2)47-34(28)43)29(44-19)25(12-16-10-17(37)13-18(38)11-16)45-26(50)15-49-32-27(30(46-49)33(39)40)22-14-23(22)35(32,41)42/h6-11,13,22-23,25,33H,3,12,14-15H2,1-2H3,(H2,43,47)(H,45,50)/t22-,23+,25-/m0/s1. The van der Waals surface area contributed by atoms with Crippen LogP contribution in [-0.2, 0) is 30.7 Å². The van der Waals surface area contributed by atoms with Gasteiger partial charge in [0.05, 0.1) is 27.7 Å². The number of aromatic nitrogens is 5. The van der Waals surface area contributed by atoms with E-state index in [0.29, 0.717) is 49.9 Å². The van der Waals surface area contributed by atoms with Crippen LogP contribution in [0.2, 0.25) is 5.02 Å². The molecule has 3 atom stereocenters. The molecule has 7 rings (SSSR count). The second-order valence-electron chi connectivity index (χ2n) is 12.4. The zero-order valence-corrected chi connectivity index (χ0v) is 27.3. The number of nitrogens with one attached hydrogen (secondary N) is 1. The van der Waals surface area contributed by atoms with Crippen LogP contribution in [0.4, 0.5) is 32.2 Å². The number of nitrogens with two attached hydrogens (primary N) is 1. The maximum atomic E-state index is 15.3. The smallest absolute Gasteiger partial charge is 0.293 e. The van der Waals surface area contributed by atoms with Crippen molar-refractivity contribution in [2.24, 2.45) is 13.0 Å². The number of anilines is 1. The van der Waals surface area contributed by atoms with Gasteiger partial charge in [0, 0.05) is 42.1 Å². The summed E-state index contributed by atoms with van der Waals surface area (Å²) in [4.78, 5) is 18.5. The van der Waals surface area contributed by atoms with Gasteiger partial charge < -0.3 is 11.1 Å². The van der Waals surface area contributed by atoms with Gasteiger partial charge >= 0.3 is 0 Å². The van der Waals surface area contributed by atoms with Crippen LogP contribution in [0.3, 0.4) is 0 Å². The lowest BCUT2D eigenvalue weighted by molar-refractivity contribution is -0.123. The zero-order valence-electron chi connectivity index (χ0n) is 26.5. The van der Waals surface area contributed by atoms with E-state index in [1.807, 2.05) is 6.92 Å². The molecule has 1 saturated carbocycles. The summed E-state index contributed by atoms with van der Waals surface area (Å²) in [6.07, 6.45) is -2.76. The van der Waals surface area contributed by atoms with Crippen molar-refractivity contribution in [1.29, 1.82) is 0 Å². The van der Waals surface area contributed by atoms with Gasteiger partial charge in [-0.3, -0.25) is 14.2 Å². The predicted octanol–water partition coefficient (Wildman–Crippen LogP) is 7.35. The van der Waals surface area contributed by atoms with Crippen LogP contribution in [0.25, 0.3) is 22.0 Å². The number of carbonyl (C=O) groups is 1. The monoisotopic (exact) mass is 711 g/mol. The summed E-state index contributed by atoms with van der Waals surface area (Å²) in [7, 11) is 1.66. The molecule has 0 aliphatic heterocycles. The molecule has 15 heteroatoms. The molecule has 3 N–H and O–H groups in total. The summed E-state index contributed by atoms with van der Waals surface area (Å²) in [5.74, 6) is -1.86. The first-order valence-corrected chi connectivity index (χ1v) is 16.1. The minimum Gasteiger partial charge on any atom is -0.382 e. The molecule has 3 heterocycles. The first-order chi connectivity index (χ1) is 23.8. The molecule has 0 saturated heterocycles. The highest BCUT2D eigenvalue weighted by atomic mass is 35.5. The molecule has 3 aromatic heterocycles. The largest absolute Gasteiger partial charge is 0.382 e. The molecule has 1 fully saturated rings. The molecule has 0 bridgehead atoms. The Bertz CT molecular complexity index is 2240. The summed E-state index contributed by atoms with van der Waals surface area (Å²) in [5.41, 5.74) is 6.70. The van der Waals surface area contributed by atoms with Gasteiger partial charge in [0.2, 0.25) is 5.91 Å². The molecule has 1 amide bonds. The lowest BCUT2D eigenvalue weighted by atomic mass is 9.93. The van der Waals surface area contributed by atoms with Crippen molar-refractivity contribution in [3.05, 3.63) is 93.0 Å². The van der Waals surface area contributed by atoms with Crippen LogP contribution in [0.15, 0.2) is 42.5 Å². The molecule has 50 heavy (non-hydrogen) atoms. The highest BCUT2D eigenvalue weighted by Gasteiger charge is 2.67. The Morgan fingerprint density at radius 3 is 2.52 bits per heavy atom. The number of hydrogen-bond donors (Lipinski definition) is 2. The van der Waals surface area contributed by atoms with E-state index in [-0.39, 0.29) is 35.5 Å². The SMILES string of the molecule is CCC#Cc1ccc(-c2ccc(Cl)c3c(N)nn(C)c23)c([C@H](Cc2cc(F)cc(F)c2)NC(=O)Cn2nc(C(F)F)c3c2C(F)(F)[C@@H]2C[C@H]32)n1. The fourth-order valence-electron chi connectivity index (χ4n) is 6.98. The van der Waals surface area contributed by atoms with E-state index in [4.69, 9.17) is 22.3 Å². The van der Waals surface area contributed by atoms with Crippen LogP contribution in [0, 0.1) is 29.4 Å². The third-order valence-electron chi connectivity index (χ3n) is 9.06. The van der Waals surface area contributed by atoms with Gasteiger partial charge in [0.15, 0.2) is 5.82 Å². The van der Waals surface area contributed by atoms with Gasteiger partial charge in [-0.05, 0) is 60.6 Å². The highest BCUT2D eigenvalue weighted by molar-refractivity contribution is 6.37. The van der Waals surface area contributed by atoms with Gasteiger partial charge in [0.25, 0.3) is 12.3 Å². The number of carbonyl (C=O) groups excluding carboxylic acids is 1. The Balaban J connectivity index is 1.35. The summed E-state index contributed by atoms with van der Waals surface area (Å²) < 4.78 is 89.4. The molecule has 5 aromatic rings. The number of alkyl halides is 4. The minimum absolute atomic E-state index is 0.0653. The normalized spacial score (nSPS) is 17.7. The number of nitrogens with zero attached hydrogens (tertiary/aromatic N) is 5. The van der Waals surface area contributed by atoms with Crippen LogP contribution in [0.5, 0.6) is 0 Å². The Hall–Kier alpha value is -5.03. The number of hydrogen-bond acceptors (Lipinski definition) is 5. The number of halogens is 7. The molecule has 2 aliphatic carbocycles. The van der Waals surface area contributed by atoms with Crippen LogP contribution >= 0.6 is 11.6 Å². The van der Waals surface area contributed by atoms with Crippen molar-refractivity contribution in [3.63, 3.8) is 0 Å². The Morgan fingerprint density at radius 1 is 1.10 bits per heavy atom. The van der Waals surface area contributed by atoms with Crippen LogP contribution < -0.4 is 11.1 Å². The third-order valence-corrected chi connectivity index (χ3v) is 9.38. The fraction of sp³-hybridized carbons (Fsp3) is 0.314. The highest BCUT2D eigenvalue weighted by Crippen LogP contribution is 2.68. The number of aryl methyl sites for hydroxylation is 1. The average Bonchev–Trinajstić information content (AvgIpc) is 3.60. The number of amides is 1. The van der Waals surface area contributed by atoms with E-state index in [2.05, 4.69) is 27.4 Å². The predicted molar refractivity (Wildman–Crippen MR) is 173 cm³/mol. The van der Waals surface area contributed by atoms with Gasteiger partial charge in [-0.2, -0.15) is 19.0 Å². The van der Waals surface area contributed by atoms with E-state index < -0.39 is 65.7 Å². The molecule has 2 aromatic carbocycles. The van der Waals surface area contributed by atoms with Gasteiger partial charge in [-0.15, -0.1) is 0 Å². The summed E-state index contributed by atoms with van der Waals surface area (Å²) in [6, 6.07) is 8.42. The quantitative estimate of drug-likeness (QED) is 0.129. The summed E-state index contributed by atoms with van der Waals surface area (Å²) >= 11 is 6.49. The molecule has 258 valence electrons. The Labute approximate surface area is 286 Å². The first-order valence-electron chi connectivity index (χ1n) is 15.7. The van der Waals surface area contributed by atoms with Crippen molar-refractivity contribution in [1.82, 2.24) is 29.9 Å². The fourth-order valence-corrected chi connectivity index (χ4v) is 7.23. The first kappa shape index (κ1) is 33.5. The van der Waals surface area contributed by atoms with Crippen LogP contribution in [-0.4, -0.2) is 30.5 Å². The van der Waals surface area contributed by atoms with E-state index in [1.54, 1.807) is 31.3 Å². The summed E-state index contributed by atoms with van der Waals surface area (Å²) in [6.45, 7) is 1.02. The van der Waals surface area contributed by atoms with Crippen molar-refractivity contribution < 1.29 is 31.1 Å². The molecular formula is C35H28ClF6N7O. The number of rotatable bonds is 8. The van der Waals surface area contributed by atoms with Crippen LogP contribution in [0.1, 0.15) is 72.1 Å². The second kappa shape index (κ2) is 12.4. The number of benzene rings is 2. The second-order valence-corrected chi connectivity index (χ2v) is 12.8. The molecular weight excluding hydrogens is 684 g/mol. The van der Waals surface area contributed by atoms with Crippen molar-refractivity contribution in [3.8, 4) is 23.0 Å². The van der Waals surface area contributed by atoms with Crippen molar-refractivity contribution >= 4 is 34.2 Å². The van der Waals surface area contributed by atoms with Gasteiger partial charge in [-0.25, -0.2) is 22.5 Å². The molecule has 0 unspecified atom stereocenters. The number of nitrogen functional groups attached to an aromatic ring is 1. The number of pyridine rings is 1. The van der Waals surface area contributed by atoms with Crippen molar-refractivity contribution in [2.75, 3.05) is 5.73 Å². The van der Waals surface area contributed by atoms with E-state index in [9.17, 15) is 22.4 Å². The lowest BCUT2D eigenvalue weighted by Gasteiger charge is -2.23. The third kappa shape index (κ3) is 5.73. The molecule has 0 spiro atoms. The minimum atomic E-state index is -3.44. The topological polar surface area (TPSA) is 104 Å². The zero-order chi connectivity index (χ0) is 35.6. The molecule has 8 nitrogen and oxygen atoms in total.